The molecule has 8 heteroatoms. The maximum atomic E-state index is 13.1. The summed E-state index contributed by atoms with van der Waals surface area (Å²) in [4.78, 5) is 52.3. The van der Waals surface area contributed by atoms with Crippen molar-refractivity contribution in [2.75, 3.05) is 4.90 Å². The predicted octanol–water partition coefficient (Wildman–Crippen LogP) is 3.39. The van der Waals surface area contributed by atoms with E-state index in [9.17, 15) is 19.2 Å². The topological polar surface area (TPSA) is 86.8 Å². The summed E-state index contributed by atoms with van der Waals surface area (Å²) in [6, 6.07) is 12.7. The molecular formula is C23H22BrN3O4. The van der Waals surface area contributed by atoms with Gasteiger partial charge in [-0.2, -0.15) is 0 Å². The Morgan fingerprint density at radius 3 is 2.45 bits per heavy atom. The van der Waals surface area contributed by atoms with Gasteiger partial charge in [0.2, 0.25) is 5.91 Å². The Morgan fingerprint density at radius 2 is 1.84 bits per heavy atom. The van der Waals surface area contributed by atoms with Crippen LogP contribution >= 0.6 is 15.9 Å². The number of amides is 4. The van der Waals surface area contributed by atoms with Crippen LogP contribution in [-0.4, -0.2) is 34.7 Å². The summed E-state index contributed by atoms with van der Waals surface area (Å²) in [6.45, 7) is 3.66. The van der Waals surface area contributed by atoms with Crippen LogP contribution < -0.4 is 10.3 Å². The summed E-state index contributed by atoms with van der Waals surface area (Å²) in [6.07, 6.45) is 3.34. The Hall–Kier alpha value is -3.26. The van der Waals surface area contributed by atoms with Crippen LogP contribution in [0.1, 0.15) is 36.2 Å². The summed E-state index contributed by atoms with van der Waals surface area (Å²) in [5.41, 5.74) is 4.31. The smallest absolute Gasteiger partial charge is 0.271 e. The van der Waals surface area contributed by atoms with E-state index in [4.69, 9.17) is 0 Å². The Morgan fingerprint density at radius 1 is 1.16 bits per heavy atom. The molecule has 1 fully saturated rings. The summed E-state index contributed by atoms with van der Waals surface area (Å²) in [5, 5.41) is 0.933. The molecule has 0 saturated carbocycles. The van der Waals surface area contributed by atoms with Crippen molar-refractivity contribution in [1.29, 1.82) is 0 Å². The summed E-state index contributed by atoms with van der Waals surface area (Å²) >= 11 is 3.30. The van der Waals surface area contributed by atoms with E-state index in [0.717, 1.165) is 21.9 Å². The third-order valence-corrected chi connectivity index (χ3v) is 5.62. The van der Waals surface area contributed by atoms with Gasteiger partial charge in [-0.1, -0.05) is 37.3 Å². The van der Waals surface area contributed by atoms with E-state index in [0.29, 0.717) is 15.7 Å². The first-order chi connectivity index (χ1) is 14.9. The minimum atomic E-state index is -1.14. The number of nitrogens with one attached hydrogen (secondary N) is 1. The third-order valence-electron chi connectivity index (χ3n) is 4.92. The first kappa shape index (κ1) is 22.4. The van der Waals surface area contributed by atoms with E-state index < -0.39 is 29.7 Å². The highest BCUT2D eigenvalue weighted by Gasteiger charge is 2.45. The van der Waals surface area contributed by atoms with Crippen LogP contribution in [0.5, 0.6) is 0 Å². The quantitative estimate of drug-likeness (QED) is 0.401. The fourth-order valence-electron chi connectivity index (χ4n) is 3.29. The van der Waals surface area contributed by atoms with Gasteiger partial charge in [0.05, 0.1) is 17.7 Å². The number of benzene rings is 2. The van der Waals surface area contributed by atoms with E-state index in [1.54, 1.807) is 43.3 Å². The van der Waals surface area contributed by atoms with Gasteiger partial charge in [-0.05, 0) is 59.1 Å². The van der Waals surface area contributed by atoms with Crippen LogP contribution in [0.25, 0.3) is 0 Å². The fourth-order valence-corrected chi connectivity index (χ4v) is 3.76. The lowest BCUT2D eigenvalue weighted by atomic mass is 10.1. The fraction of sp³-hybridized carbons (Fsp3) is 0.217. The lowest BCUT2D eigenvalue weighted by molar-refractivity contribution is -0.137. The maximum Gasteiger partial charge on any atom is 0.271 e. The Labute approximate surface area is 188 Å². The number of hydrogen-bond acceptors (Lipinski definition) is 4. The molecule has 0 bridgehead atoms. The summed E-state index contributed by atoms with van der Waals surface area (Å²) < 4.78 is 0.539. The molecule has 0 aliphatic carbocycles. The summed E-state index contributed by atoms with van der Waals surface area (Å²) in [5.74, 6) is -2.18. The Kier molecular flexibility index (Phi) is 7.02. The molecule has 1 N–H and O–H groups in total. The van der Waals surface area contributed by atoms with Crippen LogP contribution in [-0.2, 0) is 20.8 Å². The molecule has 0 radical (unpaired) electrons. The van der Waals surface area contributed by atoms with E-state index >= 15 is 0 Å². The van der Waals surface area contributed by atoms with E-state index in [-0.39, 0.29) is 6.42 Å². The molecule has 2 aromatic carbocycles. The molecule has 3 rings (SSSR count). The van der Waals surface area contributed by atoms with Gasteiger partial charge in [0.25, 0.3) is 17.7 Å². The standard InChI is InChI=1S/C23H22BrN3O4/c1-3-7-20(28)27(25-22(30)17-8-5-6-9-18(17)24)19-14-21(29)26(23(19)31)16-12-10-15(4-2)11-13-16/h3,5-13,19H,4,14H2,1-2H3,(H,25,30). The minimum Gasteiger partial charge on any atom is -0.274 e. The molecule has 1 heterocycles. The molecule has 1 aliphatic heterocycles. The number of hydrogen-bond donors (Lipinski definition) is 1. The highest BCUT2D eigenvalue weighted by Crippen LogP contribution is 2.26. The average molecular weight is 484 g/mol. The molecule has 1 aliphatic rings. The zero-order valence-electron chi connectivity index (χ0n) is 17.2. The maximum absolute atomic E-state index is 13.1. The largest absolute Gasteiger partial charge is 0.274 e. The zero-order chi connectivity index (χ0) is 22.5. The van der Waals surface area contributed by atoms with E-state index in [1.807, 2.05) is 19.1 Å². The molecule has 160 valence electrons. The molecule has 1 unspecified atom stereocenters. The molecule has 1 saturated heterocycles. The molecular weight excluding hydrogens is 462 g/mol. The van der Waals surface area contributed by atoms with Crippen molar-refractivity contribution in [2.24, 2.45) is 0 Å². The number of hydrazine groups is 1. The lowest BCUT2D eigenvalue weighted by Crippen LogP contribution is -2.54. The first-order valence-corrected chi connectivity index (χ1v) is 10.6. The van der Waals surface area contributed by atoms with Gasteiger partial charge in [-0.25, -0.2) is 9.91 Å². The number of imide groups is 1. The molecule has 1 atom stereocenters. The van der Waals surface area contributed by atoms with Crippen molar-refractivity contribution in [3.8, 4) is 0 Å². The second kappa shape index (κ2) is 9.70. The van der Waals surface area contributed by atoms with Gasteiger partial charge in [0.1, 0.15) is 6.04 Å². The second-order valence-corrected chi connectivity index (χ2v) is 7.79. The van der Waals surface area contributed by atoms with Gasteiger partial charge >= 0.3 is 0 Å². The number of carbonyl (C=O) groups excluding carboxylic acids is 4. The van der Waals surface area contributed by atoms with Gasteiger partial charge in [0.15, 0.2) is 0 Å². The van der Waals surface area contributed by atoms with Crippen molar-refractivity contribution in [1.82, 2.24) is 10.4 Å². The minimum absolute atomic E-state index is 0.228. The van der Waals surface area contributed by atoms with Crippen molar-refractivity contribution in [2.45, 2.75) is 32.7 Å². The van der Waals surface area contributed by atoms with Crippen LogP contribution in [0.2, 0.25) is 0 Å². The Bertz CT molecular complexity index is 1050. The number of nitrogens with zero attached hydrogens (tertiary/aromatic N) is 2. The molecule has 31 heavy (non-hydrogen) atoms. The molecule has 2 aromatic rings. The van der Waals surface area contributed by atoms with Crippen molar-refractivity contribution < 1.29 is 19.2 Å². The van der Waals surface area contributed by atoms with Crippen LogP contribution in [0.15, 0.2) is 65.2 Å². The molecule has 0 aromatic heterocycles. The molecule has 0 spiro atoms. The van der Waals surface area contributed by atoms with Gasteiger partial charge in [0, 0.05) is 10.5 Å². The lowest BCUT2D eigenvalue weighted by Gasteiger charge is -2.27. The van der Waals surface area contributed by atoms with Crippen molar-refractivity contribution in [3.05, 3.63) is 76.3 Å². The summed E-state index contributed by atoms with van der Waals surface area (Å²) in [7, 11) is 0. The molecule has 7 nitrogen and oxygen atoms in total. The zero-order valence-corrected chi connectivity index (χ0v) is 18.8. The third kappa shape index (κ3) is 4.74. The van der Waals surface area contributed by atoms with Gasteiger partial charge < -0.3 is 0 Å². The van der Waals surface area contributed by atoms with Crippen molar-refractivity contribution >= 4 is 45.2 Å². The number of rotatable bonds is 5. The van der Waals surface area contributed by atoms with Gasteiger partial charge in [-0.15, -0.1) is 0 Å². The predicted molar refractivity (Wildman–Crippen MR) is 120 cm³/mol. The second-order valence-electron chi connectivity index (χ2n) is 6.94. The highest BCUT2D eigenvalue weighted by molar-refractivity contribution is 9.10. The number of halogens is 1. The van der Waals surface area contributed by atoms with E-state index in [1.165, 1.54) is 12.2 Å². The highest BCUT2D eigenvalue weighted by atomic mass is 79.9. The van der Waals surface area contributed by atoms with Crippen LogP contribution in [0.4, 0.5) is 5.69 Å². The normalized spacial score (nSPS) is 16.1. The van der Waals surface area contributed by atoms with Gasteiger partial charge in [-0.3, -0.25) is 24.6 Å². The monoisotopic (exact) mass is 483 g/mol. The number of anilines is 1. The van der Waals surface area contributed by atoms with E-state index in [2.05, 4.69) is 21.4 Å². The Balaban J connectivity index is 1.89. The number of aryl methyl sites for hydroxylation is 1. The number of carbonyl (C=O) groups is 4. The van der Waals surface area contributed by atoms with Crippen LogP contribution in [0.3, 0.4) is 0 Å². The van der Waals surface area contributed by atoms with Crippen molar-refractivity contribution in [3.63, 3.8) is 0 Å². The SMILES string of the molecule is CC=CC(=O)N(NC(=O)c1ccccc1Br)C1CC(=O)N(c2ccc(CC)cc2)C1=O. The first-order valence-electron chi connectivity index (χ1n) is 9.84. The van der Waals surface area contributed by atoms with Crippen LogP contribution in [0, 0.1) is 0 Å². The number of allylic oxidation sites excluding steroid dienone is 1. The molecule has 4 amide bonds. The average Bonchev–Trinajstić information content (AvgIpc) is 3.06.